The van der Waals surface area contributed by atoms with Gasteiger partial charge in [-0.15, -0.1) is 0 Å². The fraction of sp³-hybridized carbons (Fsp3) is 0.636. The summed E-state index contributed by atoms with van der Waals surface area (Å²) in [5, 5.41) is 0. The SMILES string of the molecule is CC(C)(C)C1(C)C=CC=CC1. The number of rotatable bonds is 0. The largest absolute Gasteiger partial charge is 0.0837 e. The molecule has 1 atom stereocenters. The van der Waals surface area contributed by atoms with Crippen LogP contribution >= 0.6 is 0 Å². The maximum Gasteiger partial charge on any atom is -0.00604 e. The highest BCUT2D eigenvalue weighted by atomic mass is 14.4. The van der Waals surface area contributed by atoms with Crippen LogP contribution in [0.4, 0.5) is 0 Å². The molecule has 1 aliphatic rings. The summed E-state index contributed by atoms with van der Waals surface area (Å²) in [6.07, 6.45) is 10.0. The van der Waals surface area contributed by atoms with Crippen LogP contribution in [0.5, 0.6) is 0 Å². The van der Waals surface area contributed by atoms with Crippen molar-refractivity contribution < 1.29 is 0 Å². The average Bonchev–Trinajstić information content (AvgIpc) is 1.87. The number of hydrogen-bond acceptors (Lipinski definition) is 0. The third kappa shape index (κ3) is 1.55. The van der Waals surface area contributed by atoms with E-state index < -0.39 is 0 Å². The molecule has 0 saturated heterocycles. The Morgan fingerprint density at radius 2 is 1.82 bits per heavy atom. The maximum absolute atomic E-state index is 2.33. The van der Waals surface area contributed by atoms with Gasteiger partial charge in [0.05, 0.1) is 0 Å². The molecule has 11 heavy (non-hydrogen) atoms. The number of allylic oxidation sites excluding steroid dienone is 4. The summed E-state index contributed by atoms with van der Waals surface area (Å²) in [5.74, 6) is 0. The van der Waals surface area contributed by atoms with E-state index >= 15 is 0 Å². The molecule has 1 rings (SSSR count). The highest BCUT2D eigenvalue weighted by Crippen LogP contribution is 2.43. The molecule has 0 aromatic heterocycles. The lowest BCUT2D eigenvalue weighted by atomic mass is 9.65. The van der Waals surface area contributed by atoms with Crippen molar-refractivity contribution in [3.8, 4) is 0 Å². The molecular formula is C11H18. The van der Waals surface area contributed by atoms with Gasteiger partial charge in [0.1, 0.15) is 0 Å². The second kappa shape index (κ2) is 2.51. The van der Waals surface area contributed by atoms with Crippen LogP contribution in [-0.2, 0) is 0 Å². The van der Waals surface area contributed by atoms with Crippen molar-refractivity contribution in [1.82, 2.24) is 0 Å². The molecule has 0 spiro atoms. The van der Waals surface area contributed by atoms with Gasteiger partial charge in [-0.05, 0) is 17.3 Å². The predicted molar refractivity (Wildman–Crippen MR) is 50.5 cm³/mol. The number of hydrogen-bond donors (Lipinski definition) is 0. The summed E-state index contributed by atoms with van der Waals surface area (Å²) >= 11 is 0. The molecule has 0 aromatic carbocycles. The smallest absolute Gasteiger partial charge is 0.00604 e. The van der Waals surface area contributed by atoms with Crippen LogP contribution in [0.15, 0.2) is 24.3 Å². The van der Waals surface area contributed by atoms with Gasteiger partial charge >= 0.3 is 0 Å². The molecular weight excluding hydrogens is 132 g/mol. The van der Waals surface area contributed by atoms with Gasteiger partial charge in [0.25, 0.3) is 0 Å². The zero-order chi connectivity index (χ0) is 8.54. The van der Waals surface area contributed by atoms with E-state index in [9.17, 15) is 0 Å². The van der Waals surface area contributed by atoms with E-state index in [1.165, 1.54) is 6.42 Å². The van der Waals surface area contributed by atoms with E-state index in [0.29, 0.717) is 10.8 Å². The van der Waals surface area contributed by atoms with Gasteiger partial charge < -0.3 is 0 Å². The molecule has 0 saturated carbocycles. The highest BCUT2D eigenvalue weighted by molar-refractivity contribution is 5.17. The van der Waals surface area contributed by atoms with Crippen molar-refractivity contribution in [2.24, 2.45) is 10.8 Å². The van der Waals surface area contributed by atoms with Crippen LogP contribution < -0.4 is 0 Å². The second-order valence-electron chi connectivity index (χ2n) is 4.66. The van der Waals surface area contributed by atoms with Crippen molar-refractivity contribution in [3.63, 3.8) is 0 Å². The van der Waals surface area contributed by atoms with Crippen LogP contribution in [0.25, 0.3) is 0 Å². The molecule has 0 N–H and O–H groups in total. The minimum atomic E-state index is 0.349. The molecule has 1 unspecified atom stereocenters. The van der Waals surface area contributed by atoms with Gasteiger partial charge in [-0.25, -0.2) is 0 Å². The van der Waals surface area contributed by atoms with Gasteiger partial charge in [-0.1, -0.05) is 52.0 Å². The van der Waals surface area contributed by atoms with Gasteiger partial charge in [0, 0.05) is 0 Å². The topological polar surface area (TPSA) is 0 Å². The van der Waals surface area contributed by atoms with Crippen molar-refractivity contribution in [2.75, 3.05) is 0 Å². The molecule has 0 aromatic rings. The minimum absolute atomic E-state index is 0.349. The lowest BCUT2D eigenvalue weighted by Gasteiger charge is -2.40. The van der Waals surface area contributed by atoms with Gasteiger partial charge in [0.15, 0.2) is 0 Å². The Bertz CT molecular complexity index is 191. The Balaban J connectivity index is 2.84. The first-order valence-corrected chi connectivity index (χ1v) is 4.30. The zero-order valence-electron chi connectivity index (χ0n) is 8.02. The molecule has 62 valence electrons. The van der Waals surface area contributed by atoms with E-state index in [1.54, 1.807) is 0 Å². The van der Waals surface area contributed by atoms with E-state index in [0.717, 1.165) is 0 Å². The molecule has 0 aliphatic heterocycles. The summed E-state index contributed by atoms with van der Waals surface area (Å²) < 4.78 is 0. The van der Waals surface area contributed by atoms with E-state index in [4.69, 9.17) is 0 Å². The van der Waals surface area contributed by atoms with Crippen molar-refractivity contribution in [2.45, 2.75) is 34.1 Å². The summed E-state index contributed by atoms with van der Waals surface area (Å²) in [5.41, 5.74) is 0.718. The zero-order valence-corrected chi connectivity index (χ0v) is 8.02. The van der Waals surface area contributed by atoms with Gasteiger partial charge in [0.2, 0.25) is 0 Å². The first kappa shape index (κ1) is 8.58. The van der Waals surface area contributed by atoms with Crippen LogP contribution in [-0.4, -0.2) is 0 Å². The van der Waals surface area contributed by atoms with Gasteiger partial charge in [-0.2, -0.15) is 0 Å². The van der Waals surface area contributed by atoms with E-state index in [2.05, 4.69) is 52.0 Å². The van der Waals surface area contributed by atoms with Crippen molar-refractivity contribution in [1.29, 1.82) is 0 Å². The Hall–Kier alpha value is -0.520. The van der Waals surface area contributed by atoms with Gasteiger partial charge in [-0.3, -0.25) is 0 Å². The first-order chi connectivity index (χ1) is 4.96. The third-order valence-corrected chi connectivity index (χ3v) is 2.97. The molecule has 0 bridgehead atoms. The van der Waals surface area contributed by atoms with Crippen molar-refractivity contribution >= 4 is 0 Å². The second-order valence-corrected chi connectivity index (χ2v) is 4.66. The summed E-state index contributed by atoms with van der Waals surface area (Å²) in [7, 11) is 0. The average molecular weight is 150 g/mol. The molecule has 1 aliphatic carbocycles. The fourth-order valence-electron chi connectivity index (χ4n) is 1.28. The molecule has 0 radical (unpaired) electrons. The summed E-state index contributed by atoms with van der Waals surface area (Å²) in [6.45, 7) is 9.23. The molecule has 0 fully saturated rings. The summed E-state index contributed by atoms with van der Waals surface area (Å²) in [4.78, 5) is 0. The maximum atomic E-state index is 2.33. The Kier molecular flexibility index (Phi) is 1.96. The van der Waals surface area contributed by atoms with Crippen molar-refractivity contribution in [3.05, 3.63) is 24.3 Å². The minimum Gasteiger partial charge on any atom is -0.0837 e. The Morgan fingerprint density at radius 1 is 1.18 bits per heavy atom. The fourth-order valence-corrected chi connectivity index (χ4v) is 1.28. The standard InChI is InChI=1S/C11H18/c1-10(2,3)11(4)8-6-5-7-9-11/h5-8H,9H2,1-4H3. The molecule has 0 amide bonds. The molecule has 0 nitrogen and oxygen atoms in total. The predicted octanol–water partition coefficient (Wildman–Crippen LogP) is 3.55. The lowest BCUT2D eigenvalue weighted by Crippen LogP contribution is -2.30. The quantitative estimate of drug-likeness (QED) is 0.495. The van der Waals surface area contributed by atoms with E-state index in [1.807, 2.05) is 0 Å². The van der Waals surface area contributed by atoms with Crippen LogP contribution in [0.1, 0.15) is 34.1 Å². The Labute approximate surface area is 70.0 Å². The normalized spacial score (nSPS) is 30.9. The Morgan fingerprint density at radius 3 is 2.09 bits per heavy atom. The molecule has 0 heteroatoms. The van der Waals surface area contributed by atoms with E-state index in [-0.39, 0.29) is 0 Å². The van der Waals surface area contributed by atoms with Crippen LogP contribution in [0.3, 0.4) is 0 Å². The first-order valence-electron chi connectivity index (χ1n) is 4.30. The third-order valence-electron chi connectivity index (χ3n) is 2.97. The summed E-state index contributed by atoms with van der Waals surface area (Å²) in [6, 6.07) is 0. The van der Waals surface area contributed by atoms with Crippen LogP contribution in [0.2, 0.25) is 0 Å². The molecule has 0 heterocycles. The highest BCUT2D eigenvalue weighted by Gasteiger charge is 2.34. The van der Waals surface area contributed by atoms with Crippen LogP contribution in [0, 0.1) is 10.8 Å². The monoisotopic (exact) mass is 150 g/mol. The lowest BCUT2D eigenvalue weighted by molar-refractivity contribution is 0.170.